The molecule has 0 aliphatic rings. The fourth-order valence-electron chi connectivity index (χ4n) is 1.05. The predicted octanol–water partition coefficient (Wildman–Crippen LogP) is 2.09. The number of hydrogen-bond acceptors (Lipinski definition) is 3. The zero-order valence-electron chi connectivity index (χ0n) is 7.88. The molecule has 0 fully saturated rings. The van der Waals surface area contributed by atoms with Gasteiger partial charge >= 0.3 is 5.97 Å². The van der Waals surface area contributed by atoms with E-state index in [1.165, 1.54) is 6.26 Å². The number of carbonyl (C=O) groups excluding carboxylic acids is 1. The van der Waals surface area contributed by atoms with Crippen LogP contribution in [0.25, 0.3) is 0 Å². The van der Waals surface area contributed by atoms with Crippen molar-refractivity contribution in [2.75, 3.05) is 6.26 Å². The van der Waals surface area contributed by atoms with Crippen LogP contribution in [0.3, 0.4) is 0 Å². The molecule has 1 aromatic rings. The van der Waals surface area contributed by atoms with Crippen LogP contribution in [0.5, 0.6) is 0 Å². The Labute approximate surface area is 92.3 Å². The Balaban J connectivity index is 3.45. The first-order valence-electron chi connectivity index (χ1n) is 3.89. The summed E-state index contributed by atoms with van der Waals surface area (Å²) in [5.41, 5.74) is -1.12. The molecule has 0 heterocycles. The van der Waals surface area contributed by atoms with E-state index < -0.39 is 39.7 Å². The van der Waals surface area contributed by atoms with Gasteiger partial charge in [0.25, 0.3) is 5.78 Å². The minimum atomic E-state index is -1.98. The van der Waals surface area contributed by atoms with Crippen molar-refractivity contribution < 1.29 is 27.9 Å². The number of thioether (sulfide) groups is 1. The standard InChI is InChI=1S/C9H5F3O3S/c1-16-8-4(10)2-3(5(11)6(8)12)7(13)9(14)15/h2H,1H3,(H,14,15). The lowest BCUT2D eigenvalue weighted by Gasteiger charge is -2.05. The van der Waals surface area contributed by atoms with Gasteiger partial charge in [-0.25, -0.2) is 18.0 Å². The number of aliphatic carboxylic acids is 1. The summed E-state index contributed by atoms with van der Waals surface area (Å²) in [6.45, 7) is 0. The van der Waals surface area contributed by atoms with Gasteiger partial charge in [-0.15, -0.1) is 11.8 Å². The fourth-order valence-corrected chi connectivity index (χ4v) is 1.57. The number of carbonyl (C=O) groups is 2. The number of carboxylic acid groups (broad SMARTS) is 1. The normalized spacial score (nSPS) is 10.2. The van der Waals surface area contributed by atoms with Crippen molar-refractivity contribution in [2.24, 2.45) is 0 Å². The van der Waals surface area contributed by atoms with Crippen LogP contribution in [0.2, 0.25) is 0 Å². The summed E-state index contributed by atoms with van der Waals surface area (Å²) in [6.07, 6.45) is 1.32. The van der Waals surface area contributed by atoms with Crippen LogP contribution < -0.4 is 0 Å². The molecule has 0 atom stereocenters. The summed E-state index contributed by atoms with van der Waals surface area (Å²) < 4.78 is 39.5. The number of rotatable bonds is 3. The van der Waals surface area contributed by atoms with E-state index >= 15 is 0 Å². The van der Waals surface area contributed by atoms with E-state index in [2.05, 4.69) is 0 Å². The molecule has 0 radical (unpaired) electrons. The van der Waals surface area contributed by atoms with Gasteiger partial charge in [0.2, 0.25) is 0 Å². The fraction of sp³-hybridized carbons (Fsp3) is 0.111. The minimum Gasteiger partial charge on any atom is -0.475 e. The molecule has 0 unspecified atom stereocenters. The van der Waals surface area contributed by atoms with Gasteiger partial charge in [0, 0.05) is 0 Å². The van der Waals surface area contributed by atoms with Gasteiger partial charge in [0.05, 0.1) is 10.5 Å². The highest BCUT2D eigenvalue weighted by Gasteiger charge is 2.25. The van der Waals surface area contributed by atoms with Crippen LogP contribution in [-0.2, 0) is 4.79 Å². The average molecular weight is 250 g/mol. The maximum absolute atomic E-state index is 13.2. The molecule has 0 saturated heterocycles. The van der Waals surface area contributed by atoms with Crippen molar-refractivity contribution in [3.05, 3.63) is 29.1 Å². The Bertz CT molecular complexity index is 474. The smallest absolute Gasteiger partial charge is 0.377 e. The molecule has 0 spiro atoms. The molecule has 0 aliphatic carbocycles. The molecule has 1 N–H and O–H groups in total. The highest BCUT2D eigenvalue weighted by Crippen LogP contribution is 2.27. The van der Waals surface area contributed by atoms with Crippen molar-refractivity contribution in [1.29, 1.82) is 0 Å². The Morgan fingerprint density at radius 1 is 1.25 bits per heavy atom. The first-order valence-corrected chi connectivity index (χ1v) is 5.11. The molecule has 1 aromatic carbocycles. The van der Waals surface area contributed by atoms with Gasteiger partial charge in [-0.05, 0) is 12.3 Å². The Kier molecular flexibility index (Phi) is 3.58. The molecule has 0 aromatic heterocycles. The first-order chi connectivity index (χ1) is 7.40. The van der Waals surface area contributed by atoms with E-state index in [1.54, 1.807) is 0 Å². The molecule has 16 heavy (non-hydrogen) atoms. The molecule has 0 saturated carbocycles. The van der Waals surface area contributed by atoms with Gasteiger partial charge in [-0.3, -0.25) is 4.79 Å². The number of carboxylic acids is 1. The quantitative estimate of drug-likeness (QED) is 0.386. The van der Waals surface area contributed by atoms with Crippen LogP contribution in [0.1, 0.15) is 10.4 Å². The zero-order valence-corrected chi connectivity index (χ0v) is 8.70. The van der Waals surface area contributed by atoms with E-state index in [1.807, 2.05) is 0 Å². The number of hydrogen-bond donors (Lipinski definition) is 1. The average Bonchev–Trinajstić information content (AvgIpc) is 2.23. The number of halogens is 3. The van der Waals surface area contributed by atoms with E-state index in [9.17, 15) is 22.8 Å². The Morgan fingerprint density at radius 2 is 1.81 bits per heavy atom. The van der Waals surface area contributed by atoms with Gasteiger partial charge in [0.1, 0.15) is 5.82 Å². The van der Waals surface area contributed by atoms with Crippen LogP contribution in [0, 0.1) is 17.5 Å². The van der Waals surface area contributed by atoms with Gasteiger partial charge in [0.15, 0.2) is 11.6 Å². The number of benzene rings is 1. The third-order valence-corrected chi connectivity index (χ3v) is 2.54. The summed E-state index contributed by atoms with van der Waals surface area (Å²) in [6, 6.07) is 0.376. The van der Waals surface area contributed by atoms with E-state index in [4.69, 9.17) is 5.11 Å². The van der Waals surface area contributed by atoms with E-state index in [0.717, 1.165) is 0 Å². The molecular weight excluding hydrogens is 245 g/mol. The van der Waals surface area contributed by atoms with Crippen molar-refractivity contribution in [1.82, 2.24) is 0 Å². The predicted molar refractivity (Wildman–Crippen MR) is 50.1 cm³/mol. The second-order valence-electron chi connectivity index (χ2n) is 2.70. The lowest BCUT2D eigenvalue weighted by Crippen LogP contribution is -2.16. The van der Waals surface area contributed by atoms with Gasteiger partial charge in [-0.1, -0.05) is 0 Å². The third-order valence-electron chi connectivity index (χ3n) is 1.76. The van der Waals surface area contributed by atoms with E-state index in [-0.39, 0.29) is 0 Å². The van der Waals surface area contributed by atoms with Crippen LogP contribution in [0.15, 0.2) is 11.0 Å². The molecule has 1 rings (SSSR count). The Morgan fingerprint density at radius 3 is 2.25 bits per heavy atom. The lowest BCUT2D eigenvalue weighted by atomic mass is 10.1. The van der Waals surface area contributed by atoms with E-state index in [0.29, 0.717) is 17.8 Å². The van der Waals surface area contributed by atoms with Crippen molar-refractivity contribution in [2.45, 2.75) is 4.90 Å². The van der Waals surface area contributed by atoms with Gasteiger partial charge in [-0.2, -0.15) is 0 Å². The zero-order chi connectivity index (χ0) is 12.5. The van der Waals surface area contributed by atoms with Crippen LogP contribution in [-0.4, -0.2) is 23.1 Å². The number of ketones is 1. The second-order valence-corrected chi connectivity index (χ2v) is 3.52. The Hall–Kier alpha value is -1.50. The van der Waals surface area contributed by atoms with Gasteiger partial charge < -0.3 is 5.11 Å². The molecule has 3 nitrogen and oxygen atoms in total. The lowest BCUT2D eigenvalue weighted by molar-refractivity contribution is -0.131. The highest BCUT2D eigenvalue weighted by atomic mass is 32.2. The second kappa shape index (κ2) is 4.56. The topological polar surface area (TPSA) is 54.4 Å². The molecule has 0 amide bonds. The summed E-state index contributed by atoms with van der Waals surface area (Å²) in [4.78, 5) is 20.6. The molecular formula is C9H5F3O3S. The third kappa shape index (κ3) is 2.04. The summed E-state index contributed by atoms with van der Waals surface area (Å²) in [5, 5.41) is 8.30. The highest BCUT2D eigenvalue weighted by molar-refractivity contribution is 7.98. The SMILES string of the molecule is CSc1c(F)cc(C(=O)C(=O)O)c(F)c1F. The molecule has 0 bridgehead atoms. The van der Waals surface area contributed by atoms with Crippen LogP contribution >= 0.6 is 11.8 Å². The largest absolute Gasteiger partial charge is 0.475 e. The van der Waals surface area contributed by atoms with Crippen molar-refractivity contribution in [3.8, 4) is 0 Å². The minimum absolute atomic E-state index is 0.376. The maximum atomic E-state index is 13.2. The summed E-state index contributed by atoms with van der Waals surface area (Å²) in [5.74, 6) is -8.05. The van der Waals surface area contributed by atoms with Crippen molar-refractivity contribution in [3.63, 3.8) is 0 Å². The molecule has 86 valence electrons. The van der Waals surface area contributed by atoms with Crippen molar-refractivity contribution >= 4 is 23.5 Å². The maximum Gasteiger partial charge on any atom is 0.377 e. The number of Topliss-reactive ketones (excluding diaryl/α,β-unsaturated/α-hetero) is 1. The molecule has 7 heteroatoms. The summed E-state index contributed by atoms with van der Waals surface area (Å²) in [7, 11) is 0. The summed E-state index contributed by atoms with van der Waals surface area (Å²) >= 11 is 0.616. The van der Waals surface area contributed by atoms with Crippen LogP contribution in [0.4, 0.5) is 13.2 Å². The first kappa shape index (κ1) is 12.6. The molecule has 0 aliphatic heterocycles. The monoisotopic (exact) mass is 250 g/mol.